The molecular formula is C21H33ClN4O2. The van der Waals surface area contributed by atoms with Gasteiger partial charge in [-0.3, -0.25) is 9.89 Å². The van der Waals surface area contributed by atoms with Gasteiger partial charge in [-0.25, -0.2) is 0 Å². The van der Waals surface area contributed by atoms with Crippen molar-refractivity contribution in [2.45, 2.75) is 25.3 Å². The molecule has 1 aliphatic heterocycles. The van der Waals surface area contributed by atoms with Gasteiger partial charge in [0.05, 0.1) is 19.3 Å². The van der Waals surface area contributed by atoms with Crippen LogP contribution < -0.4 is 10.6 Å². The fraction of sp³-hybridized carbons (Fsp3) is 0.667. The largest absolute Gasteiger partial charge is 0.381 e. The monoisotopic (exact) mass is 408 g/mol. The Morgan fingerprint density at radius 3 is 2.79 bits per heavy atom. The van der Waals surface area contributed by atoms with Gasteiger partial charge in [0.25, 0.3) is 0 Å². The molecule has 2 N–H and O–H groups in total. The highest BCUT2D eigenvalue weighted by Gasteiger charge is 2.24. The number of aliphatic imine (C=N–C) groups is 1. The van der Waals surface area contributed by atoms with Crippen molar-refractivity contribution >= 4 is 17.6 Å². The summed E-state index contributed by atoms with van der Waals surface area (Å²) < 4.78 is 11.2. The van der Waals surface area contributed by atoms with Crippen LogP contribution in [0.5, 0.6) is 0 Å². The first-order chi connectivity index (χ1) is 13.8. The number of benzene rings is 1. The molecule has 1 heterocycles. The number of rotatable bonds is 10. The third-order valence-corrected chi connectivity index (χ3v) is 5.59. The fourth-order valence-electron chi connectivity index (χ4n) is 3.40. The highest BCUT2D eigenvalue weighted by molar-refractivity contribution is 6.31. The number of hydrogen-bond acceptors (Lipinski definition) is 4. The predicted molar refractivity (Wildman–Crippen MR) is 114 cm³/mol. The maximum atomic E-state index is 6.50. The van der Waals surface area contributed by atoms with E-state index in [0.29, 0.717) is 0 Å². The zero-order valence-corrected chi connectivity index (χ0v) is 17.6. The SMILES string of the molecule is CN=C(NCCCOCC1CC1)NCC(c1ccccc1Cl)N1CCOCC1. The Morgan fingerprint density at radius 2 is 2.07 bits per heavy atom. The number of halogens is 1. The summed E-state index contributed by atoms with van der Waals surface area (Å²) in [6, 6.07) is 8.26. The van der Waals surface area contributed by atoms with Crippen LogP contribution in [0.2, 0.25) is 5.02 Å². The highest BCUT2D eigenvalue weighted by Crippen LogP contribution is 2.29. The van der Waals surface area contributed by atoms with Crippen LogP contribution in [0.15, 0.2) is 29.3 Å². The Morgan fingerprint density at radius 1 is 1.29 bits per heavy atom. The highest BCUT2D eigenvalue weighted by atomic mass is 35.5. The minimum Gasteiger partial charge on any atom is -0.381 e. The summed E-state index contributed by atoms with van der Waals surface area (Å²) in [7, 11) is 1.80. The van der Waals surface area contributed by atoms with Crippen LogP contribution in [0.4, 0.5) is 0 Å². The normalized spacial score (nSPS) is 19.4. The first-order valence-corrected chi connectivity index (χ1v) is 10.7. The summed E-state index contributed by atoms with van der Waals surface area (Å²) in [5.41, 5.74) is 1.14. The zero-order chi connectivity index (χ0) is 19.6. The Kier molecular flexibility index (Phi) is 8.86. The number of nitrogens with one attached hydrogen (secondary N) is 2. The minimum absolute atomic E-state index is 0.179. The van der Waals surface area contributed by atoms with E-state index in [9.17, 15) is 0 Å². The average molecular weight is 409 g/mol. The van der Waals surface area contributed by atoms with E-state index in [2.05, 4.69) is 26.6 Å². The molecule has 1 aliphatic carbocycles. The van der Waals surface area contributed by atoms with Gasteiger partial charge in [0.2, 0.25) is 0 Å². The molecule has 1 saturated heterocycles. The molecule has 1 unspecified atom stereocenters. The van der Waals surface area contributed by atoms with Gasteiger partial charge in [0, 0.05) is 51.5 Å². The molecule has 1 aromatic carbocycles. The Labute approximate surface area is 173 Å². The molecular weight excluding hydrogens is 376 g/mol. The molecule has 28 heavy (non-hydrogen) atoms. The van der Waals surface area contributed by atoms with Crippen molar-refractivity contribution in [2.75, 3.05) is 59.7 Å². The Hall–Kier alpha value is -1.34. The van der Waals surface area contributed by atoms with E-state index in [1.165, 1.54) is 12.8 Å². The Bertz CT molecular complexity index is 618. The van der Waals surface area contributed by atoms with Crippen LogP contribution >= 0.6 is 11.6 Å². The molecule has 0 aromatic heterocycles. The third kappa shape index (κ3) is 6.92. The van der Waals surface area contributed by atoms with E-state index < -0.39 is 0 Å². The second-order valence-corrected chi connectivity index (χ2v) is 7.84. The van der Waals surface area contributed by atoms with Gasteiger partial charge < -0.3 is 20.1 Å². The summed E-state index contributed by atoms with van der Waals surface area (Å²) in [6.45, 7) is 6.64. The number of morpholine rings is 1. The molecule has 3 rings (SSSR count). The molecule has 2 aliphatic rings. The average Bonchev–Trinajstić information content (AvgIpc) is 3.55. The molecule has 0 amide bonds. The number of ether oxygens (including phenoxy) is 2. The molecule has 156 valence electrons. The van der Waals surface area contributed by atoms with E-state index in [-0.39, 0.29) is 6.04 Å². The second kappa shape index (κ2) is 11.6. The smallest absolute Gasteiger partial charge is 0.191 e. The van der Waals surface area contributed by atoms with E-state index >= 15 is 0 Å². The lowest BCUT2D eigenvalue weighted by Crippen LogP contribution is -2.46. The van der Waals surface area contributed by atoms with Crippen molar-refractivity contribution < 1.29 is 9.47 Å². The molecule has 1 saturated carbocycles. The Balaban J connectivity index is 1.47. The number of nitrogens with zero attached hydrogens (tertiary/aromatic N) is 2. The van der Waals surface area contributed by atoms with Crippen LogP contribution in [-0.4, -0.2) is 70.5 Å². The van der Waals surface area contributed by atoms with Gasteiger partial charge >= 0.3 is 0 Å². The molecule has 1 aromatic rings. The van der Waals surface area contributed by atoms with Gasteiger partial charge in [-0.15, -0.1) is 0 Å². The fourth-order valence-corrected chi connectivity index (χ4v) is 3.66. The third-order valence-electron chi connectivity index (χ3n) is 5.25. The van der Waals surface area contributed by atoms with Crippen molar-refractivity contribution in [2.24, 2.45) is 10.9 Å². The van der Waals surface area contributed by atoms with Gasteiger partial charge in [-0.2, -0.15) is 0 Å². The summed E-state index contributed by atoms with van der Waals surface area (Å²) in [4.78, 5) is 6.78. The van der Waals surface area contributed by atoms with E-state index in [1.807, 2.05) is 18.2 Å². The van der Waals surface area contributed by atoms with Gasteiger partial charge in [0.1, 0.15) is 0 Å². The van der Waals surface area contributed by atoms with E-state index in [0.717, 1.165) is 81.5 Å². The maximum absolute atomic E-state index is 6.50. The van der Waals surface area contributed by atoms with E-state index in [4.69, 9.17) is 21.1 Å². The van der Waals surface area contributed by atoms with Crippen LogP contribution in [0.25, 0.3) is 0 Å². The van der Waals surface area contributed by atoms with Crippen molar-refractivity contribution in [3.05, 3.63) is 34.9 Å². The lowest BCUT2D eigenvalue weighted by atomic mass is 10.0. The van der Waals surface area contributed by atoms with Crippen LogP contribution in [-0.2, 0) is 9.47 Å². The van der Waals surface area contributed by atoms with Crippen molar-refractivity contribution in [1.29, 1.82) is 0 Å². The first-order valence-electron chi connectivity index (χ1n) is 10.4. The minimum atomic E-state index is 0.179. The molecule has 2 fully saturated rings. The number of guanidine groups is 1. The summed E-state index contributed by atoms with van der Waals surface area (Å²) in [6.07, 6.45) is 3.65. The summed E-state index contributed by atoms with van der Waals surface area (Å²) in [5, 5.41) is 7.65. The van der Waals surface area contributed by atoms with Crippen LogP contribution in [0.1, 0.15) is 30.9 Å². The molecule has 6 nitrogen and oxygen atoms in total. The summed E-state index contributed by atoms with van der Waals surface area (Å²) >= 11 is 6.50. The van der Waals surface area contributed by atoms with Crippen molar-refractivity contribution in [1.82, 2.24) is 15.5 Å². The lowest BCUT2D eigenvalue weighted by Gasteiger charge is -2.35. The van der Waals surface area contributed by atoms with Crippen molar-refractivity contribution in [3.63, 3.8) is 0 Å². The topological polar surface area (TPSA) is 58.1 Å². The summed E-state index contributed by atoms with van der Waals surface area (Å²) in [5.74, 6) is 1.64. The van der Waals surface area contributed by atoms with Crippen LogP contribution in [0.3, 0.4) is 0 Å². The zero-order valence-electron chi connectivity index (χ0n) is 16.8. The second-order valence-electron chi connectivity index (χ2n) is 7.44. The molecule has 1 atom stereocenters. The molecule has 0 spiro atoms. The standard InChI is InChI=1S/C21H33ClN4O2/c1-23-21(24-9-4-12-28-16-17-7-8-17)25-15-20(26-10-13-27-14-11-26)18-5-2-3-6-19(18)22/h2-3,5-6,17,20H,4,7-16H2,1H3,(H2,23,24,25). The van der Waals surface area contributed by atoms with Gasteiger partial charge in [-0.1, -0.05) is 29.8 Å². The maximum Gasteiger partial charge on any atom is 0.191 e. The molecule has 7 heteroatoms. The van der Waals surface area contributed by atoms with Crippen molar-refractivity contribution in [3.8, 4) is 0 Å². The van der Waals surface area contributed by atoms with Crippen LogP contribution in [0, 0.1) is 5.92 Å². The predicted octanol–water partition coefficient (Wildman–Crippen LogP) is 2.70. The quantitative estimate of drug-likeness (QED) is 0.354. The molecule has 0 radical (unpaired) electrons. The lowest BCUT2D eigenvalue weighted by molar-refractivity contribution is 0.0170. The van der Waals surface area contributed by atoms with Gasteiger partial charge in [-0.05, 0) is 36.8 Å². The molecule has 0 bridgehead atoms. The first kappa shape index (κ1) is 21.4. The number of hydrogen-bond donors (Lipinski definition) is 2. The van der Waals surface area contributed by atoms with Gasteiger partial charge in [0.15, 0.2) is 5.96 Å². The van der Waals surface area contributed by atoms with E-state index in [1.54, 1.807) is 7.05 Å².